The molecule has 1 saturated heterocycles. The lowest BCUT2D eigenvalue weighted by atomic mass is 9.99. The molecule has 148 valence electrons. The van der Waals surface area contributed by atoms with Crippen LogP contribution in [0, 0.1) is 6.92 Å². The molecule has 1 amide bonds. The number of piperidine rings is 1. The zero-order chi connectivity index (χ0) is 19.5. The average Bonchev–Trinajstić information content (AvgIpc) is 2.71. The highest BCUT2D eigenvalue weighted by molar-refractivity contribution is 5.95. The molecule has 2 aliphatic heterocycles. The van der Waals surface area contributed by atoms with E-state index in [1.54, 1.807) is 6.20 Å². The van der Waals surface area contributed by atoms with Crippen molar-refractivity contribution >= 4 is 11.7 Å². The van der Waals surface area contributed by atoms with Crippen LogP contribution >= 0.6 is 0 Å². The molecule has 6 heteroatoms. The fraction of sp³-hybridized carbons (Fsp3) is 0.545. The van der Waals surface area contributed by atoms with Crippen molar-refractivity contribution in [1.82, 2.24) is 19.9 Å². The second-order valence-corrected chi connectivity index (χ2v) is 7.82. The number of pyridine rings is 1. The molecule has 4 heterocycles. The Kier molecular flexibility index (Phi) is 5.67. The molecule has 0 spiro atoms. The summed E-state index contributed by atoms with van der Waals surface area (Å²) in [6.07, 6.45) is 7.67. The molecule has 6 nitrogen and oxygen atoms in total. The smallest absolute Gasteiger partial charge is 0.228 e. The zero-order valence-corrected chi connectivity index (χ0v) is 16.9. The van der Waals surface area contributed by atoms with Gasteiger partial charge in [-0.3, -0.25) is 19.6 Å². The summed E-state index contributed by atoms with van der Waals surface area (Å²) in [5.74, 6) is 1.80. The standard InChI is InChI=1S/C22H29N5O/c1-3-13-26-14-7-5-9-19(26)21-24-16(2)18-10-11-20(28)27(22(18)25-21)15-17-8-4-6-12-23-17/h4,6,8,12,19H,3,5,7,9-11,13-15H2,1-2H3. The van der Waals surface area contributed by atoms with Gasteiger partial charge in [-0.1, -0.05) is 19.4 Å². The molecule has 2 aliphatic rings. The minimum absolute atomic E-state index is 0.122. The number of carbonyl (C=O) groups is 1. The van der Waals surface area contributed by atoms with Gasteiger partial charge in [0.1, 0.15) is 11.6 Å². The molecule has 0 aliphatic carbocycles. The summed E-state index contributed by atoms with van der Waals surface area (Å²) in [4.78, 5) is 31.4. The van der Waals surface area contributed by atoms with Crippen LogP contribution in [0.2, 0.25) is 0 Å². The second kappa shape index (κ2) is 8.35. The Balaban J connectivity index is 1.70. The Morgan fingerprint density at radius 2 is 2.07 bits per heavy atom. The first-order valence-corrected chi connectivity index (χ1v) is 10.5. The molecule has 2 aromatic heterocycles. The van der Waals surface area contributed by atoms with Crippen LogP contribution in [0.3, 0.4) is 0 Å². The molecule has 0 radical (unpaired) electrons. The first-order valence-electron chi connectivity index (χ1n) is 10.5. The fourth-order valence-electron chi connectivity index (χ4n) is 4.41. The quantitative estimate of drug-likeness (QED) is 0.794. The molecule has 1 fully saturated rings. The number of amides is 1. The predicted molar refractivity (Wildman–Crippen MR) is 109 cm³/mol. The highest BCUT2D eigenvalue weighted by Crippen LogP contribution is 2.34. The van der Waals surface area contributed by atoms with E-state index in [1.165, 1.54) is 12.8 Å². The fourth-order valence-corrected chi connectivity index (χ4v) is 4.41. The molecule has 0 aromatic carbocycles. The molecule has 0 saturated carbocycles. The number of likely N-dealkylation sites (tertiary alicyclic amines) is 1. The maximum absolute atomic E-state index is 12.8. The van der Waals surface area contributed by atoms with E-state index in [1.807, 2.05) is 23.1 Å². The van der Waals surface area contributed by atoms with Crippen molar-refractivity contribution in [1.29, 1.82) is 0 Å². The summed E-state index contributed by atoms with van der Waals surface area (Å²) in [6, 6.07) is 6.07. The summed E-state index contributed by atoms with van der Waals surface area (Å²) in [5, 5.41) is 0. The van der Waals surface area contributed by atoms with Gasteiger partial charge in [-0.15, -0.1) is 0 Å². The number of rotatable bonds is 5. The van der Waals surface area contributed by atoms with Crippen molar-refractivity contribution in [3.8, 4) is 0 Å². The van der Waals surface area contributed by atoms with Gasteiger partial charge in [0.15, 0.2) is 0 Å². The van der Waals surface area contributed by atoms with Crippen LogP contribution in [0.1, 0.15) is 67.8 Å². The highest BCUT2D eigenvalue weighted by atomic mass is 16.2. The number of nitrogens with zero attached hydrogens (tertiary/aromatic N) is 5. The van der Waals surface area contributed by atoms with Crippen molar-refractivity contribution in [2.45, 2.75) is 65.0 Å². The second-order valence-electron chi connectivity index (χ2n) is 7.82. The molecule has 0 N–H and O–H groups in total. The predicted octanol–water partition coefficient (Wildman–Crippen LogP) is 3.60. The van der Waals surface area contributed by atoms with Gasteiger partial charge in [-0.05, 0) is 57.8 Å². The maximum Gasteiger partial charge on any atom is 0.228 e. The summed E-state index contributed by atoms with van der Waals surface area (Å²) in [5.41, 5.74) is 3.00. The third-order valence-corrected chi connectivity index (χ3v) is 5.82. The van der Waals surface area contributed by atoms with Gasteiger partial charge in [0.2, 0.25) is 5.91 Å². The van der Waals surface area contributed by atoms with Gasteiger partial charge in [-0.25, -0.2) is 9.97 Å². The summed E-state index contributed by atoms with van der Waals surface area (Å²) in [7, 11) is 0. The molecule has 1 unspecified atom stereocenters. The van der Waals surface area contributed by atoms with E-state index in [-0.39, 0.29) is 11.9 Å². The number of fused-ring (bicyclic) bond motifs is 1. The summed E-state index contributed by atoms with van der Waals surface area (Å²) >= 11 is 0. The van der Waals surface area contributed by atoms with Crippen LogP contribution in [0.15, 0.2) is 24.4 Å². The van der Waals surface area contributed by atoms with Gasteiger partial charge in [0.05, 0.1) is 18.3 Å². The molecule has 28 heavy (non-hydrogen) atoms. The number of aromatic nitrogens is 3. The Labute approximate surface area is 167 Å². The Morgan fingerprint density at radius 1 is 1.18 bits per heavy atom. The maximum atomic E-state index is 12.8. The van der Waals surface area contributed by atoms with Crippen LogP contribution in [-0.4, -0.2) is 38.8 Å². The van der Waals surface area contributed by atoms with Crippen molar-refractivity contribution in [2.24, 2.45) is 0 Å². The molecule has 1 atom stereocenters. The lowest BCUT2D eigenvalue weighted by Gasteiger charge is -2.36. The topological polar surface area (TPSA) is 62.2 Å². The summed E-state index contributed by atoms with van der Waals surface area (Å²) in [6.45, 7) is 6.92. The molecule has 2 aromatic rings. The molecule has 0 bridgehead atoms. The summed E-state index contributed by atoms with van der Waals surface area (Å²) < 4.78 is 0. The minimum Gasteiger partial charge on any atom is -0.293 e. The van der Waals surface area contributed by atoms with E-state index < -0.39 is 0 Å². The van der Waals surface area contributed by atoms with Crippen molar-refractivity contribution in [2.75, 3.05) is 18.0 Å². The van der Waals surface area contributed by atoms with Crippen LogP contribution in [0.5, 0.6) is 0 Å². The number of aryl methyl sites for hydroxylation is 1. The molecule has 4 rings (SSSR count). The van der Waals surface area contributed by atoms with E-state index in [0.29, 0.717) is 13.0 Å². The third-order valence-electron chi connectivity index (χ3n) is 5.82. The minimum atomic E-state index is 0.122. The highest BCUT2D eigenvalue weighted by Gasteiger charge is 2.32. The SMILES string of the molecule is CCCN1CCCCC1c1nc(C)c2c(n1)N(Cc1ccccn1)C(=O)CC2. The van der Waals surface area contributed by atoms with Crippen molar-refractivity contribution < 1.29 is 4.79 Å². The van der Waals surface area contributed by atoms with E-state index in [2.05, 4.69) is 23.7 Å². The zero-order valence-electron chi connectivity index (χ0n) is 16.9. The van der Waals surface area contributed by atoms with Gasteiger partial charge in [0.25, 0.3) is 0 Å². The van der Waals surface area contributed by atoms with Crippen LogP contribution in [0.25, 0.3) is 0 Å². The van der Waals surface area contributed by atoms with Gasteiger partial charge in [0, 0.05) is 23.9 Å². The average molecular weight is 380 g/mol. The van der Waals surface area contributed by atoms with Gasteiger partial charge in [-0.2, -0.15) is 0 Å². The Bertz CT molecular complexity index is 836. The number of carbonyl (C=O) groups excluding carboxylic acids is 1. The first kappa shape index (κ1) is 19.0. The number of hydrogen-bond donors (Lipinski definition) is 0. The van der Waals surface area contributed by atoms with Crippen LogP contribution < -0.4 is 4.90 Å². The van der Waals surface area contributed by atoms with E-state index >= 15 is 0 Å². The van der Waals surface area contributed by atoms with E-state index in [0.717, 1.165) is 60.9 Å². The Morgan fingerprint density at radius 3 is 2.86 bits per heavy atom. The van der Waals surface area contributed by atoms with Crippen LogP contribution in [0.4, 0.5) is 5.82 Å². The monoisotopic (exact) mass is 379 g/mol. The lowest BCUT2D eigenvalue weighted by Crippen LogP contribution is -2.38. The van der Waals surface area contributed by atoms with Crippen LogP contribution in [-0.2, 0) is 17.8 Å². The third kappa shape index (κ3) is 3.78. The Hall–Kier alpha value is -2.34. The number of hydrogen-bond acceptors (Lipinski definition) is 5. The van der Waals surface area contributed by atoms with E-state index in [4.69, 9.17) is 9.97 Å². The molecular formula is C22H29N5O. The lowest BCUT2D eigenvalue weighted by molar-refractivity contribution is -0.119. The van der Waals surface area contributed by atoms with Crippen molar-refractivity contribution in [3.05, 3.63) is 47.2 Å². The first-order chi connectivity index (χ1) is 13.7. The largest absolute Gasteiger partial charge is 0.293 e. The van der Waals surface area contributed by atoms with Crippen molar-refractivity contribution in [3.63, 3.8) is 0 Å². The number of anilines is 1. The van der Waals surface area contributed by atoms with E-state index in [9.17, 15) is 4.79 Å². The normalized spacial score (nSPS) is 20.3. The molecular weight excluding hydrogens is 350 g/mol. The van der Waals surface area contributed by atoms with Gasteiger partial charge >= 0.3 is 0 Å². The van der Waals surface area contributed by atoms with Gasteiger partial charge < -0.3 is 0 Å².